The van der Waals surface area contributed by atoms with Crippen LogP contribution in [0.15, 0.2) is 24.3 Å². The molecule has 1 aromatic rings. The summed E-state index contributed by atoms with van der Waals surface area (Å²) in [6.45, 7) is -1.64. The lowest BCUT2D eigenvalue weighted by Crippen LogP contribution is -2.42. The van der Waals surface area contributed by atoms with Crippen molar-refractivity contribution >= 4 is 11.9 Å². The standard InChI is InChI=1S/C15H16F3NO5/c16-15(17,18)9-24-12-6-2-1-5-11(12)23-8-13(20)19-7-3-4-10(19)14(21)22/h1-2,5-6,10H,3-4,7-9H2,(H,21,22)/t10-/m0/s1. The lowest BCUT2D eigenvalue weighted by Gasteiger charge is -2.21. The average Bonchev–Trinajstić information content (AvgIpc) is 3.00. The van der Waals surface area contributed by atoms with E-state index in [1.807, 2.05) is 0 Å². The maximum atomic E-state index is 12.2. The Morgan fingerprint density at radius 3 is 2.42 bits per heavy atom. The molecule has 1 amide bonds. The largest absolute Gasteiger partial charge is 0.480 e. The fraction of sp³-hybridized carbons (Fsp3) is 0.467. The fourth-order valence-corrected chi connectivity index (χ4v) is 2.39. The highest BCUT2D eigenvalue weighted by molar-refractivity contribution is 5.85. The van der Waals surface area contributed by atoms with Crippen molar-refractivity contribution in [1.82, 2.24) is 4.90 Å². The monoisotopic (exact) mass is 347 g/mol. The maximum absolute atomic E-state index is 12.2. The normalized spacial score (nSPS) is 17.6. The van der Waals surface area contributed by atoms with Gasteiger partial charge in [0.05, 0.1) is 0 Å². The van der Waals surface area contributed by atoms with E-state index >= 15 is 0 Å². The molecule has 9 heteroatoms. The number of likely N-dealkylation sites (tertiary alicyclic amines) is 1. The van der Waals surface area contributed by atoms with E-state index in [-0.39, 0.29) is 11.5 Å². The van der Waals surface area contributed by atoms with Crippen molar-refractivity contribution in [3.05, 3.63) is 24.3 Å². The molecule has 24 heavy (non-hydrogen) atoms. The van der Waals surface area contributed by atoms with Gasteiger partial charge in [0.15, 0.2) is 24.7 Å². The number of carboxylic acid groups (broad SMARTS) is 1. The zero-order valence-corrected chi connectivity index (χ0v) is 12.6. The molecule has 0 radical (unpaired) electrons. The van der Waals surface area contributed by atoms with Gasteiger partial charge < -0.3 is 19.5 Å². The zero-order valence-electron chi connectivity index (χ0n) is 12.6. The van der Waals surface area contributed by atoms with Gasteiger partial charge in [-0.25, -0.2) is 4.79 Å². The summed E-state index contributed by atoms with van der Waals surface area (Å²) in [6.07, 6.45) is -3.55. The summed E-state index contributed by atoms with van der Waals surface area (Å²) in [7, 11) is 0. The smallest absolute Gasteiger partial charge is 0.422 e. The number of rotatable bonds is 6. The molecule has 1 atom stereocenters. The molecule has 0 spiro atoms. The minimum Gasteiger partial charge on any atom is -0.480 e. The number of amides is 1. The number of nitrogens with zero attached hydrogens (tertiary/aromatic N) is 1. The van der Waals surface area contributed by atoms with E-state index in [1.165, 1.54) is 29.2 Å². The van der Waals surface area contributed by atoms with E-state index in [1.54, 1.807) is 0 Å². The van der Waals surface area contributed by atoms with E-state index < -0.39 is 37.3 Å². The van der Waals surface area contributed by atoms with Crippen LogP contribution >= 0.6 is 0 Å². The van der Waals surface area contributed by atoms with Gasteiger partial charge in [0, 0.05) is 6.54 Å². The molecule has 1 fully saturated rings. The lowest BCUT2D eigenvalue weighted by atomic mass is 10.2. The average molecular weight is 347 g/mol. The van der Waals surface area contributed by atoms with Gasteiger partial charge in [0.25, 0.3) is 5.91 Å². The Bertz CT molecular complexity index is 605. The predicted octanol–water partition coefficient (Wildman–Crippen LogP) is 2.08. The predicted molar refractivity (Wildman–Crippen MR) is 75.9 cm³/mol. The summed E-state index contributed by atoms with van der Waals surface area (Å²) in [6, 6.07) is 4.77. The summed E-state index contributed by atoms with van der Waals surface area (Å²) >= 11 is 0. The third kappa shape index (κ3) is 4.77. The summed E-state index contributed by atoms with van der Waals surface area (Å²) in [4.78, 5) is 24.3. The van der Waals surface area contributed by atoms with Crippen LogP contribution in [0.2, 0.25) is 0 Å². The van der Waals surface area contributed by atoms with Gasteiger partial charge in [-0.2, -0.15) is 13.2 Å². The Kier molecular flexibility index (Phi) is 5.53. The number of alkyl halides is 3. The lowest BCUT2D eigenvalue weighted by molar-refractivity contribution is -0.153. The van der Waals surface area contributed by atoms with Crippen LogP contribution in [0.5, 0.6) is 11.5 Å². The quantitative estimate of drug-likeness (QED) is 0.853. The van der Waals surface area contributed by atoms with Crippen molar-refractivity contribution in [3.8, 4) is 11.5 Å². The Labute approximate surface area is 135 Å². The highest BCUT2D eigenvalue weighted by atomic mass is 19.4. The van der Waals surface area contributed by atoms with E-state index in [9.17, 15) is 22.8 Å². The SMILES string of the molecule is O=C(O)[C@@H]1CCCN1C(=O)COc1ccccc1OCC(F)(F)F. The van der Waals surface area contributed by atoms with E-state index in [0.29, 0.717) is 19.4 Å². The molecule has 0 aliphatic carbocycles. The highest BCUT2D eigenvalue weighted by Crippen LogP contribution is 2.28. The van der Waals surface area contributed by atoms with Crippen molar-refractivity contribution in [2.24, 2.45) is 0 Å². The van der Waals surface area contributed by atoms with Gasteiger partial charge in [-0.1, -0.05) is 12.1 Å². The van der Waals surface area contributed by atoms with Crippen molar-refractivity contribution in [2.75, 3.05) is 19.8 Å². The molecule has 0 aromatic heterocycles. The molecule has 1 heterocycles. The van der Waals surface area contributed by atoms with Crippen LogP contribution in [-0.4, -0.2) is 53.9 Å². The van der Waals surface area contributed by atoms with Gasteiger partial charge in [0.2, 0.25) is 0 Å². The van der Waals surface area contributed by atoms with Crippen LogP contribution in [0.4, 0.5) is 13.2 Å². The fourth-order valence-electron chi connectivity index (χ4n) is 2.39. The number of carboxylic acids is 1. The number of carbonyl (C=O) groups excluding carboxylic acids is 1. The molecule has 0 bridgehead atoms. The van der Waals surface area contributed by atoms with Crippen molar-refractivity contribution in [1.29, 1.82) is 0 Å². The third-order valence-electron chi connectivity index (χ3n) is 3.45. The molecule has 132 valence electrons. The molecule has 1 N–H and O–H groups in total. The molecular weight excluding hydrogens is 331 g/mol. The second-order valence-electron chi connectivity index (χ2n) is 5.22. The van der Waals surface area contributed by atoms with Crippen LogP contribution in [0.1, 0.15) is 12.8 Å². The second-order valence-corrected chi connectivity index (χ2v) is 5.22. The Balaban J connectivity index is 1.96. The first-order valence-corrected chi connectivity index (χ1v) is 7.21. The first-order chi connectivity index (χ1) is 11.3. The van der Waals surface area contributed by atoms with Gasteiger partial charge in [-0.05, 0) is 25.0 Å². The minimum atomic E-state index is -4.49. The first kappa shape index (κ1) is 17.9. The highest BCUT2D eigenvalue weighted by Gasteiger charge is 2.34. The Morgan fingerprint density at radius 1 is 1.21 bits per heavy atom. The Morgan fingerprint density at radius 2 is 1.83 bits per heavy atom. The molecule has 1 saturated heterocycles. The van der Waals surface area contributed by atoms with E-state index in [4.69, 9.17) is 9.84 Å². The van der Waals surface area contributed by atoms with Gasteiger partial charge in [-0.3, -0.25) is 4.79 Å². The first-order valence-electron chi connectivity index (χ1n) is 7.21. The number of aliphatic carboxylic acids is 1. The molecule has 0 saturated carbocycles. The van der Waals surface area contributed by atoms with Crippen LogP contribution in [0, 0.1) is 0 Å². The van der Waals surface area contributed by atoms with Crippen LogP contribution < -0.4 is 9.47 Å². The number of ether oxygens (including phenoxy) is 2. The number of halogens is 3. The number of hydrogen-bond donors (Lipinski definition) is 1. The molecule has 6 nitrogen and oxygen atoms in total. The van der Waals surface area contributed by atoms with E-state index in [2.05, 4.69) is 4.74 Å². The summed E-state index contributed by atoms with van der Waals surface area (Å²) in [5.41, 5.74) is 0. The Hall–Kier alpha value is -2.45. The minimum absolute atomic E-state index is 0.0128. The van der Waals surface area contributed by atoms with E-state index in [0.717, 1.165) is 0 Å². The molecule has 0 unspecified atom stereocenters. The maximum Gasteiger partial charge on any atom is 0.422 e. The molecule has 2 rings (SSSR count). The summed E-state index contributed by atoms with van der Waals surface area (Å²) < 4.78 is 46.6. The van der Waals surface area contributed by atoms with Crippen LogP contribution in [0.25, 0.3) is 0 Å². The molecule has 1 aromatic carbocycles. The molecule has 1 aliphatic heterocycles. The summed E-state index contributed by atoms with van der Waals surface area (Å²) in [5.74, 6) is -1.78. The number of carbonyl (C=O) groups is 2. The second kappa shape index (κ2) is 7.41. The third-order valence-corrected chi connectivity index (χ3v) is 3.45. The van der Waals surface area contributed by atoms with Gasteiger partial charge in [-0.15, -0.1) is 0 Å². The molecular formula is C15H16F3NO5. The number of benzene rings is 1. The topological polar surface area (TPSA) is 76.1 Å². The molecule has 1 aliphatic rings. The summed E-state index contributed by atoms with van der Waals surface area (Å²) in [5, 5.41) is 9.05. The number of para-hydroxylation sites is 2. The van der Waals surface area contributed by atoms with Gasteiger partial charge >= 0.3 is 12.1 Å². The zero-order chi connectivity index (χ0) is 17.7. The van der Waals surface area contributed by atoms with Gasteiger partial charge in [0.1, 0.15) is 6.04 Å². The van der Waals surface area contributed by atoms with Crippen LogP contribution in [0.3, 0.4) is 0 Å². The van der Waals surface area contributed by atoms with Crippen molar-refractivity contribution in [2.45, 2.75) is 25.1 Å². The number of hydrogen-bond acceptors (Lipinski definition) is 4. The van der Waals surface area contributed by atoms with Crippen molar-refractivity contribution in [3.63, 3.8) is 0 Å². The van der Waals surface area contributed by atoms with Crippen molar-refractivity contribution < 1.29 is 37.3 Å². The van der Waals surface area contributed by atoms with Crippen LogP contribution in [-0.2, 0) is 9.59 Å².